The van der Waals surface area contributed by atoms with Crippen LogP contribution in [0.3, 0.4) is 0 Å². The largest absolute Gasteiger partial charge is 0.354 e. The van der Waals surface area contributed by atoms with Crippen molar-refractivity contribution in [2.45, 2.75) is 57.9 Å². The third-order valence-electron chi connectivity index (χ3n) is 5.95. The second-order valence-corrected chi connectivity index (χ2v) is 8.96. The highest BCUT2D eigenvalue weighted by Crippen LogP contribution is 2.48. The van der Waals surface area contributed by atoms with Crippen LogP contribution in [0.1, 0.15) is 50.6 Å². The van der Waals surface area contributed by atoms with Crippen molar-refractivity contribution < 1.29 is 4.79 Å². The molecule has 1 amide bonds. The van der Waals surface area contributed by atoms with Gasteiger partial charge in [0, 0.05) is 13.1 Å². The van der Waals surface area contributed by atoms with Gasteiger partial charge >= 0.3 is 0 Å². The van der Waals surface area contributed by atoms with Gasteiger partial charge in [0.05, 0.1) is 16.4 Å². The Labute approximate surface area is 167 Å². The Hall–Kier alpha value is -2.62. The minimum atomic E-state index is -0.331. The van der Waals surface area contributed by atoms with Gasteiger partial charge in [0.1, 0.15) is 5.82 Å². The fraction of sp³-hybridized carbons (Fsp3) is 0.417. The molecule has 0 aliphatic heterocycles. The Morgan fingerprint density at radius 1 is 1.11 bits per heavy atom. The van der Waals surface area contributed by atoms with Crippen molar-refractivity contribution in [2.24, 2.45) is 0 Å². The molecule has 0 unspecified atom stereocenters. The second-order valence-electron chi connectivity index (χ2n) is 8.96. The second kappa shape index (κ2) is 6.77. The fourth-order valence-corrected chi connectivity index (χ4v) is 3.99. The third kappa shape index (κ3) is 3.32. The molecule has 4 nitrogen and oxygen atoms in total. The number of imidazole rings is 1. The van der Waals surface area contributed by atoms with Crippen LogP contribution in [-0.4, -0.2) is 22.0 Å². The van der Waals surface area contributed by atoms with E-state index in [0.29, 0.717) is 6.54 Å². The van der Waals surface area contributed by atoms with E-state index < -0.39 is 0 Å². The maximum Gasteiger partial charge on any atom is 0.230 e. The van der Waals surface area contributed by atoms with Gasteiger partial charge in [-0.3, -0.25) is 4.79 Å². The lowest BCUT2D eigenvalue weighted by Gasteiger charge is -2.21. The molecule has 0 saturated heterocycles. The van der Waals surface area contributed by atoms with Crippen LogP contribution in [0.4, 0.5) is 0 Å². The molecule has 1 N–H and O–H groups in total. The van der Waals surface area contributed by atoms with Crippen molar-refractivity contribution in [1.29, 1.82) is 0 Å². The zero-order valence-corrected chi connectivity index (χ0v) is 17.2. The molecule has 1 aromatic heterocycles. The zero-order chi connectivity index (χ0) is 19.9. The van der Waals surface area contributed by atoms with Gasteiger partial charge in [0.25, 0.3) is 0 Å². The third-order valence-corrected chi connectivity index (χ3v) is 5.95. The molecule has 4 heteroatoms. The molecule has 4 rings (SSSR count). The fourth-order valence-electron chi connectivity index (χ4n) is 3.99. The van der Waals surface area contributed by atoms with Crippen molar-refractivity contribution in [1.82, 2.24) is 14.9 Å². The number of carbonyl (C=O) groups excluding carboxylic acids is 1. The van der Waals surface area contributed by atoms with Gasteiger partial charge < -0.3 is 9.88 Å². The molecule has 0 spiro atoms. The normalized spacial score (nSPS) is 15.6. The molecule has 146 valence electrons. The lowest BCUT2D eigenvalue weighted by atomic mass is 9.85. The average Bonchev–Trinajstić information content (AvgIpc) is 3.41. The van der Waals surface area contributed by atoms with Gasteiger partial charge in [-0.2, -0.15) is 0 Å². The van der Waals surface area contributed by atoms with Gasteiger partial charge in [-0.15, -0.1) is 0 Å². The minimum Gasteiger partial charge on any atom is -0.354 e. The number of hydrogen-bond acceptors (Lipinski definition) is 2. The van der Waals surface area contributed by atoms with E-state index in [4.69, 9.17) is 0 Å². The van der Waals surface area contributed by atoms with Crippen LogP contribution in [0, 0.1) is 6.92 Å². The van der Waals surface area contributed by atoms with Gasteiger partial charge in [-0.25, -0.2) is 4.98 Å². The van der Waals surface area contributed by atoms with E-state index in [0.717, 1.165) is 41.8 Å². The van der Waals surface area contributed by atoms with E-state index in [1.807, 2.05) is 25.1 Å². The number of hydrogen-bond donors (Lipinski definition) is 1. The molecule has 1 heterocycles. The Balaban J connectivity index is 1.43. The minimum absolute atomic E-state index is 0.128. The van der Waals surface area contributed by atoms with E-state index in [-0.39, 0.29) is 16.7 Å². The number of carbonyl (C=O) groups is 1. The van der Waals surface area contributed by atoms with Gasteiger partial charge in [-0.1, -0.05) is 57.2 Å². The standard InChI is InChI=1S/C24H29N3O/c1-17-26-20-7-5-6-8-21(20)27(17)16-15-25-22(28)24(13-14-24)19-11-9-18(10-12-19)23(2,3)4/h5-12H,13-16H2,1-4H3,(H,25,28). The summed E-state index contributed by atoms with van der Waals surface area (Å²) in [7, 11) is 0. The molecule has 28 heavy (non-hydrogen) atoms. The van der Waals surface area contributed by atoms with Crippen molar-refractivity contribution >= 4 is 16.9 Å². The number of para-hydroxylation sites is 2. The Morgan fingerprint density at radius 2 is 1.79 bits per heavy atom. The van der Waals surface area contributed by atoms with Crippen molar-refractivity contribution in [2.75, 3.05) is 6.54 Å². The van der Waals surface area contributed by atoms with Crippen LogP contribution in [0.2, 0.25) is 0 Å². The van der Waals surface area contributed by atoms with Gasteiger partial charge in [0.2, 0.25) is 5.91 Å². The summed E-state index contributed by atoms with van der Waals surface area (Å²) < 4.78 is 2.17. The monoisotopic (exact) mass is 375 g/mol. The number of rotatable bonds is 5. The molecular weight excluding hydrogens is 346 g/mol. The van der Waals surface area contributed by atoms with E-state index in [9.17, 15) is 4.79 Å². The van der Waals surface area contributed by atoms with E-state index in [2.05, 4.69) is 66.0 Å². The van der Waals surface area contributed by atoms with Gasteiger partial charge in [-0.05, 0) is 48.4 Å². The summed E-state index contributed by atoms with van der Waals surface area (Å²) in [5.74, 6) is 1.13. The highest BCUT2D eigenvalue weighted by Gasteiger charge is 2.51. The summed E-state index contributed by atoms with van der Waals surface area (Å²) in [5.41, 5.74) is 4.36. The maximum atomic E-state index is 13.0. The lowest BCUT2D eigenvalue weighted by Crippen LogP contribution is -2.36. The lowest BCUT2D eigenvalue weighted by molar-refractivity contribution is -0.123. The van der Waals surface area contributed by atoms with Crippen LogP contribution in [0.15, 0.2) is 48.5 Å². The van der Waals surface area contributed by atoms with Crippen LogP contribution in [0.5, 0.6) is 0 Å². The molecule has 0 bridgehead atoms. The SMILES string of the molecule is Cc1nc2ccccc2n1CCNC(=O)C1(c2ccc(C(C)(C)C)cc2)CC1. The molecular formula is C24H29N3O. The number of nitrogens with zero attached hydrogens (tertiary/aromatic N) is 2. The summed E-state index contributed by atoms with van der Waals surface area (Å²) in [6, 6.07) is 16.8. The molecule has 3 aromatic rings. The van der Waals surface area contributed by atoms with Gasteiger partial charge in [0.15, 0.2) is 0 Å². The maximum absolute atomic E-state index is 13.0. The summed E-state index contributed by atoms with van der Waals surface area (Å²) in [6.07, 6.45) is 1.86. The predicted octanol–water partition coefficient (Wildman–Crippen LogP) is 4.49. The highest BCUT2D eigenvalue weighted by atomic mass is 16.2. The smallest absolute Gasteiger partial charge is 0.230 e. The number of aromatic nitrogens is 2. The molecule has 1 fully saturated rings. The first kappa shape index (κ1) is 18.7. The van der Waals surface area contributed by atoms with E-state index >= 15 is 0 Å². The number of fused-ring (bicyclic) bond motifs is 1. The van der Waals surface area contributed by atoms with Crippen molar-refractivity contribution in [3.63, 3.8) is 0 Å². The molecule has 2 aromatic carbocycles. The topological polar surface area (TPSA) is 46.9 Å². The number of aryl methyl sites for hydroxylation is 1. The van der Waals surface area contributed by atoms with Crippen LogP contribution >= 0.6 is 0 Å². The summed E-state index contributed by atoms with van der Waals surface area (Å²) in [4.78, 5) is 17.5. The molecule has 0 radical (unpaired) electrons. The number of benzene rings is 2. The van der Waals surface area contributed by atoms with Crippen molar-refractivity contribution in [3.8, 4) is 0 Å². The van der Waals surface area contributed by atoms with E-state index in [1.54, 1.807) is 0 Å². The van der Waals surface area contributed by atoms with E-state index in [1.165, 1.54) is 5.56 Å². The molecule has 1 aliphatic carbocycles. The quantitative estimate of drug-likeness (QED) is 0.714. The number of amides is 1. The Kier molecular flexibility index (Phi) is 4.53. The first-order valence-corrected chi connectivity index (χ1v) is 10.1. The average molecular weight is 376 g/mol. The highest BCUT2D eigenvalue weighted by molar-refractivity contribution is 5.91. The molecule has 1 saturated carbocycles. The molecule has 1 aliphatic rings. The van der Waals surface area contributed by atoms with Crippen LogP contribution in [-0.2, 0) is 22.2 Å². The summed E-state index contributed by atoms with van der Waals surface area (Å²) >= 11 is 0. The van der Waals surface area contributed by atoms with Crippen LogP contribution < -0.4 is 5.32 Å². The Bertz CT molecular complexity index is 1000. The summed E-state index contributed by atoms with van der Waals surface area (Å²) in [6.45, 7) is 10.00. The Morgan fingerprint density at radius 3 is 2.43 bits per heavy atom. The van der Waals surface area contributed by atoms with Crippen molar-refractivity contribution in [3.05, 3.63) is 65.5 Å². The summed E-state index contributed by atoms with van der Waals surface area (Å²) in [5, 5.41) is 3.17. The van der Waals surface area contributed by atoms with Crippen LogP contribution in [0.25, 0.3) is 11.0 Å². The number of nitrogens with one attached hydrogen (secondary N) is 1. The predicted molar refractivity (Wildman–Crippen MR) is 114 cm³/mol. The zero-order valence-electron chi connectivity index (χ0n) is 17.2. The molecule has 0 atom stereocenters. The first-order chi connectivity index (χ1) is 13.3. The first-order valence-electron chi connectivity index (χ1n) is 10.1.